The maximum atomic E-state index is 14.2. The molecule has 0 radical (unpaired) electrons. The number of ether oxygens (including phenoxy) is 1. The van der Waals surface area contributed by atoms with Crippen LogP contribution in [0.3, 0.4) is 0 Å². The van der Waals surface area contributed by atoms with Gasteiger partial charge in [0.05, 0.1) is 30.5 Å². The van der Waals surface area contributed by atoms with Gasteiger partial charge in [-0.2, -0.15) is 10.2 Å². The Morgan fingerprint density at radius 3 is 2.79 bits per heavy atom. The molecule has 33 heavy (non-hydrogen) atoms. The molecule has 0 spiro atoms. The highest BCUT2D eigenvalue weighted by Gasteiger charge is 2.34. The zero-order valence-corrected chi connectivity index (χ0v) is 18.8. The minimum Gasteiger partial charge on any atom is -0.368 e. The van der Waals surface area contributed by atoms with Crippen molar-refractivity contribution in [1.29, 1.82) is 5.26 Å². The summed E-state index contributed by atoms with van der Waals surface area (Å²) < 4.78 is 20.1. The Bertz CT molecular complexity index is 1050. The average Bonchev–Trinajstić information content (AvgIpc) is 2.83. The van der Waals surface area contributed by atoms with Crippen LogP contribution in [0.15, 0.2) is 24.3 Å². The molecule has 0 unspecified atom stereocenters. The second kappa shape index (κ2) is 10.1. The summed E-state index contributed by atoms with van der Waals surface area (Å²) in [5.41, 5.74) is 6.91. The van der Waals surface area contributed by atoms with E-state index in [1.807, 2.05) is 17.9 Å². The molecule has 8 nitrogen and oxygen atoms in total. The largest absolute Gasteiger partial charge is 0.368 e. The summed E-state index contributed by atoms with van der Waals surface area (Å²) in [6, 6.07) is 8.09. The van der Waals surface area contributed by atoms with E-state index in [2.05, 4.69) is 15.3 Å². The van der Waals surface area contributed by atoms with E-state index in [-0.39, 0.29) is 29.5 Å². The summed E-state index contributed by atoms with van der Waals surface area (Å²) in [5, 5.41) is 12.1. The number of carbonyl (C=O) groups is 1. The van der Waals surface area contributed by atoms with Gasteiger partial charge < -0.3 is 20.7 Å². The molecule has 0 bridgehead atoms. The van der Waals surface area contributed by atoms with Crippen molar-refractivity contribution < 1.29 is 13.9 Å². The molecule has 2 aromatic rings. The molecule has 174 valence electrons. The minimum absolute atomic E-state index is 0.0172. The monoisotopic (exact) mass is 452 g/mol. The van der Waals surface area contributed by atoms with Gasteiger partial charge in [0.15, 0.2) is 6.10 Å². The fourth-order valence-corrected chi connectivity index (χ4v) is 4.53. The highest BCUT2D eigenvalue weighted by Crippen LogP contribution is 2.28. The van der Waals surface area contributed by atoms with E-state index in [9.17, 15) is 9.18 Å². The molecule has 1 aliphatic heterocycles. The average molecular weight is 453 g/mol. The number of amides is 1. The summed E-state index contributed by atoms with van der Waals surface area (Å²) in [6.45, 7) is 2.78. The van der Waals surface area contributed by atoms with Gasteiger partial charge in [-0.3, -0.25) is 4.79 Å². The van der Waals surface area contributed by atoms with Crippen LogP contribution in [0, 0.1) is 17.1 Å². The summed E-state index contributed by atoms with van der Waals surface area (Å²) in [5.74, 6) is -0.103. The third kappa shape index (κ3) is 5.22. The van der Waals surface area contributed by atoms with Gasteiger partial charge in [0, 0.05) is 17.7 Å². The molecular formula is C24H29FN6O2. The molecule has 4 rings (SSSR count). The Hall–Kier alpha value is -3.25. The van der Waals surface area contributed by atoms with E-state index in [0.717, 1.165) is 32.1 Å². The van der Waals surface area contributed by atoms with Crippen molar-refractivity contribution in [2.45, 2.75) is 63.6 Å². The third-order valence-electron chi connectivity index (χ3n) is 6.42. The number of carbonyl (C=O) groups excluding carboxylic acids is 1. The Morgan fingerprint density at radius 2 is 2.09 bits per heavy atom. The number of hydrogen-bond donors (Lipinski definition) is 2. The van der Waals surface area contributed by atoms with Gasteiger partial charge in [0.2, 0.25) is 5.95 Å². The molecule has 1 aromatic heterocycles. The molecule has 9 heteroatoms. The van der Waals surface area contributed by atoms with Crippen molar-refractivity contribution >= 4 is 17.7 Å². The van der Waals surface area contributed by atoms with E-state index in [1.165, 1.54) is 18.6 Å². The van der Waals surface area contributed by atoms with E-state index in [4.69, 9.17) is 15.7 Å². The van der Waals surface area contributed by atoms with Gasteiger partial charge in [0.1, 0.15) is 17.7 Å². The first-order valence-electron chi connectivity index (χ1n) is 11.5. The van der Waals surface area contributed by atoms with E-state index in [1.54, 1.807) is 12.1 Å². The van der Waals surface area contributed by atoms with E-state index < -0.39 is 11.9 Å². The molecule has 1 aromatic carbocycles. The maximum Gasteiger partial charge on any atom is 0.251 e. The van der Waals surface area contributed by atoms with Crippen molar-refractivity contribution in [3.8, 4) is 17.3 Å². The molecule has 2 aliphatic rings. The number of nitriles is 1. The highest BCUT2D eigenvalue weighted by atomic mass is 19.1. The number of hydrogen-bond acceptors (Lipinski definition) is 7. The first-order valence-corrected chi connectivity index (χ1v) is 11.5. The summed E-state index contributed by atoms with van der Waals surface area (Å²) in [4.78, 5) is 23.6. The van der Waals surface area contributed by atoms with E-state index >= 15 is 0 Å². The van der Waals surface area contributed by atoms with Crippen LogP contribution >= 0.6 is 0 Å². The first-order chi connectivity index (χ1) is 16.0. The lowest BCUT2D eigenvalue weighted by atomic mass is 9.95. The fraction of sp³-hybridized carbons (Fsp3) is 0.500. The highest BCUT2D eigenvalue weighted by molar-refractivity contribution is 5.82. The van der Waals surface area contributed by atoms with Crippen LogP contribution in [0.4, 0.5) is 16.2 Å². The van der Waals surface area contributed by atoms with Gasteiger partial charge in [-0.25, -0.2) is 9.37 Å². The number of aromatic nitrogens is 2. The maximum absolute atomic E-state index is 14.2. The number of halogens is 1. The van der Waals surface area contributed by atoms with Crippen molar-refractivity contribution in [1.82, 2.24) is 15.3 Å². The number of morpholine rings is 1. The van der Waals surface area contributed by atoms with Crippen molar-refractivity contribution in [2.75, 3.05) is 23.8 Å². The van der Waals surface area contributed by atoms with Crippen LogP contribution < -0.4 is 16.0 Å². The molecule has 1 saturated carbocycles. The number of rotatable bonds is 5. The molecule has 1 amide bonds. The van der Waals surface area contributed by atoms with Gasteiger partial charge >= 0.3 is 0 Å². The molecule has 1 aliphatic carbocycles. The zero-order chi connectivity index (χ0) is 23.4. The lowest BCUT2D eigenvalue weighted by molar-refractivity contribution is -0.135. The van der Waals surface area contributed by atoms with Crippen LogP contribution in [0.2, 0.25) is 0 Å². The Balaban J connectivity index is 1.57. The molecule has 3 N–H and O–H groups in total. The van der Waals surface area contributed by atoms with Crippen LogP contribution in [-0.4, -0.2) is 47.2 Å². The number of nitrogen functional groups attached to an aromatic ring is 1. The van der Waals surface area contributed by atoms with Crippen LogP contribution in [-0.2, 0) is 9.53 Å². The number of benzene rings is 1. The quantitative estimate of drug-likeness (QED) is 0.715. The summed E-state index contributed by atoms with van der Waals surface area (Å²) >= 11 is 0. The predicted molar refractivity (Wildman–Crippen MR) is 123 cm³/mol. The van der Waals surface area contributed by atoms with Crippen LogP contribution in [0.25, 0.3) is 11.3 Å². The molecule has 1 saturated heterocycles. The normalized spacial score (nSPS) is 21.4. The van der Waals surface area contributed by atoms with Gasteiger partial charge in [-0.05, 0) is 31.4 Å². The van der Waals surface area contributed by atoms with Gasteiger partial charge in [-0.1, -0.05) is 32.3 Å². The minimum atomic E-state index is -0.619. The number of nitrogens with two attached hydrogens (primary N) is 1. The Labute approximate surface area is 193 Å². The zero-order valence-electron chi connectivity index (χ0n) is 18.8. The summed E-state index contributed by atoms with van der Waals surface area (Å²) in [7, 11) is 0. The smallest absolute Gasteiger partial charge is 0.251 e. The fourth-order valence-electron chi connectivity index (χ4n) is 4.53. The van der Waals surface area contributed by atoms with E-state index in [0.29, 0.717) is 30.2 Å². The topological polar surface area (TPSA) is 117 Å². The number of anilines is 2. The van der Waals surface area contributed by atoms with Crippen LogP contribution in [0.1, 0.15) is 51.0 Å². The van der Waals surface area contributed by atoms with Crippen molar-refractivity contribution in [3.05, 3.63) is 35.6 Å². The summed E-state index contributed by atoms with van der Waals surface area (Å²) in [6.07, 6.45) is 5.69. The predicted octanol–water partition coefficient (Wildman–Crippen LogP) is 3.17. The lowest BCUT2D eigenvalue weighted by Crippen LogP contribution is -2.56. The van der Waals surface area contributed by atoms with Gasteiger partial charge in [-0.15, -0.1) is 0 Å². The molecular weight excluding hydrogens is 423 g/mol. The van der Waals surface area contributed by atoms with Crippen molar-refractivity contribution in [2.24, 2.45) is 0 Å². The second-order valence-electron chi connectivity index (χ2n) is 8.66. The van der Waals surface area contributed by atoms with Crippen LogP contribution in [0.5, 0.6) is 0 Å². The van der Waals surface area contributed by atoms with Gasteiger partial charge in [0.25, 0.3) is 5.91 Å². The Kier molecular flexibility index (Phi) is 7.04. The molecule has 2 fully saturated rings. The first kappa shape index (κ1) is 22.9. The number of nitrogens with zero attached hydrogens (tertiary/aromatic N) is 4. The molecule has 2 heterocycles. The number of nitrogens with one attached hydrogen (secondary N) is 1. The standard InChI is InChI=1S/C24H29FN6O2/c1-2-18-14-33-21(23(32)28-17-6-4-3-5-7-17)13-31(18)22-11-20(29-24(27)30-22)15-8-9-16(12-26)19(25)10-15/h8-11,17-18,21H,2-7,13-14H2,1H3,(H,28,32)(H2,27,29,30)/t18-,21+/m1/s1. The third-order valence-corrected chi connectivity index (χ3v) is 6.42. The SMILES string of the molecule is CC[C@@H]1CO[C@H](C(=O)NC2CCCCC2)CN1c1cc(-c2ccc(C#N)c(F)c2)nc(N)n1. The lowest BCUT2D eigenvalue weighted by Gasteiger charge is -2.40. The second-order valence-corrected chi connectivity index (χ2v) is 8.66. The van der Waals surface area contributed by atoms with Crippen molar-refractivity contribution in [3.63, 3.8) is 0 Å². The molecule has 2 atom stereocenters. The Morgan fingerprint density at radius 1 is 1.30 bits per heavy atom.